The average molecular weight is 339 g/mol. The molecule has 1 fully saturated rings. The number of ether oxygens (including phenoxy) is 1. The van der Waals surface area contributed by atoms with Crippen LogP contribution in [0.15, 0.2) is 11.6 Å². The molecule has 1 aliphatic rings. The molecule has 7 heteroatoms. The Morgan fingerprint density at radius 2 is 2.09 bits per heavy atom. The molecule has 128 valence electrons. The van der Waals surface area contributed by atoms with Gasteiger partial charge in [0.05, 0.1) is 6.54 Å². The van der Waals surface area contributed by atoms with E-state index in [9.17, 15) is 9.59 Å². The van der Waals surface area contributed by atoms with Crippen LogP contribution in [0.25, 0.3) is 0 Å². The van der Waals surface area contributed by atoms with Gasteiger partial charge in [0.2, 0.25) is 5.78 Å². The van der Waals surface area contributed by atoms with E-state index in [1.165, 1.54) is 11.3 Å². The van der Waals surface area contributed by atoms with Gasteiger partial charge in [-0.15, -0.1) is 11.3 Å². The van der Waals surface area contributed by atoms with Gasteiger partial charge in [-0.1, -0.05) is 0 Å². The summed E-state index contributed by atoms with van der Waals surface area (Å²) in [6.07, 6.45) is 3.27. The van der Waals surface area contributed by atoms with E-state index in [2.05, 4.69) is 10.3 Å². The van der Waals surface area contributed by atoms with Crippen molar-refractivity contribution >= 4 is 23.2 Å². The normalized spacial score (nSPS) is 16.4. The number of rotatable bonds is 5. The zero-order valence-corrected chi connectivity index (χ0v) is 14.8. The Morgan fingerprint density at radius 1 is 1.39 bits per heavy atom. The van der Waals surface area contributed by atoms with Crippen molar-refractivity contribution in [1.82, 2.24) is 15.2 Å². The summed E-state index contributed by atoms with van der Waals surface area (Å²) in [7, 11) is 0. The van der Waals surface area contributed by atoms with Crippen molar-refractivity contribution in [2.75, 3.05) is 26.2 Å². The summed E-state index contributed by atoms with van der Waals surface area (Å²) in [4.78, 5) is 29.6. The van der Waals surface area contributed by atoms with Gasteiger partial charge in [0.1, 0.15) is 5.60 Å². The molecule has 1 aromatic heterocycles. The lowest BCUT2D eigenvalue weighted by molar-refractivity contribution is 0.0184. The van der Waals surface area contributed by atoms with Gasteiger partial charge in [-0.3, -0.25) is 4.79 Å². The van der Waals surface area contributed by atoms with Gasteiger partial charge in [-0.2, -0.15) is 0 Å². The van der Waals surface area contributed by atoms with Crippen LogP contribution in [0.2, 0.25) is 0 Å². The number of hydrogen-bond acceptors (Lipinski definition) is 6. The second-order valence-corrected chi connectivity index (χ2v) is 7.70. The van der Waals surface area contributed by atoms with Crippen LogP contribution in [0.5, 0.6) is 0 Å². The number of carbonyl (C=O) groups excluding carboxylic acids is 2. The molecule has 0 aromatic carbocycles. The quantitative estimate of drug-likeness (QED) is 0.835. The number of ketones is 1. The van der Waals surface area contributed by atoms with E-state index in [0.717, 1.165) is 19.4 Å². The van der Waals surface area contributed by atoms with Crippen LogP contribution < -0.4 is 5.32 Å². The molecule has 0 aliphatic carbocycles. The first-order valence-corrected chi connectivity index (χ1v) is 8.84. The number of likely N-dealkylation sites (tertiary alicyclic amines) is 1. The van der Waals surface area contributed by atoms with Crippen LogP contribution in [0.1, 0.15) is 43.4 Å². The summed E-state index contributed by atoms with van der Waals surface area (Å²) in [6.45, 7) is 8.16. The minimum absolute atomic E-state index is 0.0335. The minimum Gasteiger partial charge on any atom is -0.444 e. The molecule has 0 bridgehead atoms. The summed E-state index contributed by atoms with van der Waals surface area (Å²) in [6, 6.07) is 0. The SMILES string of the molecule is CC(C)(C)OC(=O)N1CCC(CNCC(=O)c2nccs2)CC1. The van der Waals surface area contributed by atoms with Crippen LogP contribution in [0.3, 0.4) is 0 Å². The fourth-order valence-corrected chi connectivity index (χ4v) is 3.05. The van der Waals surface area contributed by atoms with Crippen molar-refractivity contribution < 1.29 is 14.3 Å². The first-order chi connectivity index (χ1) is 10.8. The van der Waals surface area contributed by atoms with E-state index in [-0.39, 0.29) is 11.9 Å². The monoisotopic (exact) mass is 339 g/mol. The molecule has 0 saturated carbocycles. The highest BCUT2D eigenvalue weighted by atomic mass is 32.1. The molecule has 1 amide bonds. The number of piperidine rings is 1. The number of nitrogens with one attached hydrogen (secondary N) is 1. The molecule has 2 rings (SSSR count). The van der Waals surface area contributed by atoms with Gasteiger partial charge in [0, 0.05) is 24.7 Å². The molecule has 1 N–H and O–H groups in total. The standard InChI is InChI=1S/C16H25N3O3S/c1-16(2,3)22-15(21)19-7-4-12(5-8-19)10-17-11-13(20)14-18-6-9-23-14/h6,9,12,17H,4-5,7-8,10-11H2,1-3H3. The molecule has 2 heterocycles. The summed E-state index contributed by atoms with van der Waals surface area (Å²) in [5.41, 5.74) is -0.453. The van der Waals surface area contributed by atoms with E-state index in [4.69, 9.17) is 4.74 Å². The fourth-order valence-electron chi connectivity index (χ4n) is 2.47. The maximum absolute atomic E-state index is 12.0. The smallest absolute Gasteiger partial charge is 0.410 e. The van der Waals surface area contributed by atoms with Gasteiger partial charge >= 0.3 is 6.09 Å². The highest BCUT2D eigenvalue weighted by molar-refractivity contribution is 7.11. The highest BCUT2D eigenvalue weighted by Crippen LogP contribution is 2.19. The Bertz CT molecular complexity index is 517. The molecule has 1 aliphatic heterocycles. The van der Waals surface area contributed by atoms with Crippen LogP contribution in [-0.4, -0.2) is 53.5 Å². The predicted molar refractivity (Wildman–Crippen MR) is 89.8 cm³/mol. The van der Waals surface area contributed by atoms with E-state index in [1.54, 1.807) is 16.5 Å². The Balaban J connectivity index is 1.65. The second kappa shape index (κ2) is 7.88. The molecular weight excluding hydrogens is 314 g/mol. The molecule has 1 aromatic rings. The van der Waals surface area contributed by atoms with Crippen molar-refractivity contribution in [2.45, 2.75) is 39.2 Å². The number of carbonyl (C=O) groups is 2. The van der Waals surface area contributed by atoms with E-state index in [1.807, 2.05) is 20.8 Å². The molecule has 1 saturated heterocycles. The third-order valence-electron chi connectivity index (χ3n) is 3.66. The number of nitrogens with zero attached hydrogens (tertiary/aromatic N) is 2. The molecule has 6 nitrogen and oxygen atoms in total. The Labute approximate surface area is 141 Å². The third kappa shape index (κ3) is 5.91. The number of thiazole rings is 1. The van der Waals surface area contributed by atoms with Crippen molar-refractivity contribution in [3.05, 3.63) is 16.6 Å². The van der Waals surface area contributed by atoms with E-state index in [0.29, 0.717) is 30.6 Å². The molecular formula is C16H25N3O3S. The van der Waals surface area contributed by atoms with Crippen LogP contribution in [0, 0.1) is 5.92 Å². The predicted octanol–water partition coefficient (Wildman–Crippen LogP) is 2.56. The lowest BCUT2D eigenvalue weighted by atomic mass is 9.97. The zero-order chi connectivity index (χ0) is 16.9. The highest BCUT2D eigenvalue weighted by Gasteiger charge is 2.26. The van der Waals surface area contributed by atoms with Gasteiger partial charge in [-0.25, -0.2) is 9.78 Å². The fraction of sp³-hybridized carbons (Fsp3) is 0.688. The molecule has 0 unspecified atom stereocenters. The molecule has 0 atom stereocenters. The van der Waals surface area contributed by atoms with Gasteiger partial charge in [0.15, 0.2) is 5.01 Å². The first-order valence-electron chi connectivity index (χ1n) is 7.96. The summed E-state index contributed by atoms with van der Waals surface area (Å²) in [5.74, 6) is 0.518. The minimum atomic E-state index is -0.453. The lowest BCUT2D eigenvalue weighted by Gasteiger charge is -2.33. The Kier molecular flexibility index (Phi) is 6.12. The number of amides is 1. The van der Waals surface area contributed by atoms with Crippen molar-refractivity contribution in [3.63, 3.8) is 0 Å². The Hall–Kier alpha value is -1.47. The summed E-state index contributed by atoms with van der Waals surface area (Å²) >= 11 is 1.37. The zero-order valence-electron chi connectivity index (χ0n) is 14.0. The van der Waals surface area contributed by atoms with Crippen LogP contribution in [0.4, 0.5) is 4.79 Å². The summed E-state index contributed by atoms with van der Waals surface area (Å²) in [5, 5.41) is 5.57. The Morgan fingerprint density at radius 3 is 2.65 bits per heavy atom. The largest absolute Gasteiger partial charge is 0.444 e. The maximum atomic E-state index is 12.0. The summed E-state index contributed by atoms with van der Waals surface area (Å²) < 4.78 is 5.39. The second-order valence-electron chi connectivity index (χ2n) is 6.80. The maximum Gasteiger partial charge on any atom is 0.410 e. The van der Waals surface area contributed by atoms with Crippen molar-refractivity contribution in [3.8, 4) is 0 Å². The van der Waals surface area contributed by atoms with Gasteiger partial charge < -0.3 is 15.0 Å². The van der Waals surface area contributed by atoms with Crippen LogP contribution in [-0.2, 0) is 4.74 Å². The average Bonchev–Trinajstić information content (AvgIpc) is 3.00. The molecule has 0 radical (unpaired) electrons. The number of Topliss-reactive ketones (excluding diaryl/α,β-unsaturated/α-hetero) is 1. The molecule has 23 heavy (non-hydrogen) atoms. The van der Waals surface area contributed by atoms with Crippen molar-refractivity contribution in [2.24, 2.45) is 5.92 Å². The van der Waals surface area contributed by atoms with Crippen LogP contribution >= 0.6 is 11.3 Å². The number of hydrogen-bond donors (Lipinski definition) is 1. The van der Waals surface area contributed by atoms with E-state index < -0.39 is 5.60 Å². The van der Waals surface area contributed by atoms with Gasteiger partial charge in [-0.05, 0) is 46.1 Å². The van der Waals surface area contributed by atoms with Gasteiger partial charge in [0.25, 0.3) is 0 Å². The number of aromatic nitrogens is 1. The lowest BCUT2D eigenvalue weighted by Crippen LogP contribution is -2.43. The van der Waals surface area contributed by atoms with Crippen molar-refractivity contribution in [1.29, 1.82) is 0 Å². The molecule has 0 spiro atoms. The first kappa shape index (κ1) is 17.9. The third-order valence-corrected chi connectivity index (χ3v) is 4.47. The topological polar surface area (TPSA) is 71.5 Å². The van der Waals surface area contributed by atoms with E-state index >= 15 is 0 Å².